The lowest BCUT2D eigenvalue weighted by molar-refractivity contribution is -0.192. The number of carboxylic acid groups (broad SMARTS) is 1. The number of rotatable bonds is 2. The third kappa shape index (κ3) is 5.77. The second-order valence-electron chi connectivity index (χ2n) is 6.20. The molecule has 2 aromatic carbocycles. The van der Waals surface area contributed by atoms with Crippen LogP contribution in [0, 0.1) is 5.82 Å². The molecule has 4 nitrogen and oxygen atoms in total. The van der Waals surface area contributed by atoms with E-state index in [2.05, 4.69) is 5.32 Å². The summed E-state index contributed by atoms with van der Waals surface area (Å²) in [6.45, 7) is 1.55. The predicted octanol–water partition coefficient (Wildman–Crippen LogP) is 3.70. The van der Waals surface area contributed by atoms with Crippen LogP contribution in [-0.2, 0) is 10.4 Å². The maximum absolute atomic E-state index is 13.2. The number of aliphatic hydroxyl groups is 1. The van der Waals surface area contributed by atoms with Crippen molar-refractivity contribution in [3.63, 3.8) is 0 Å². The average Bonchev–Trinajstić information content (AvgIpc) is 2.62. The normalized spacial score (nSPS) is 19.7. The highest BCUT2D eigenvalue weighted by molar-refractivity contribution is 5.73. The van der Waals surface area contributed by atoms with Crippen LogP contribution in [0.3, 0.4) is 0 Å². The van der Waals surface area contributed by atoms with Crippen LogP contribution in [0.2, 0.25) is 0 Å². The van der Waals surface area contributed by atoms with Crippen molar-refractivity contribution in [3.8, 4) is 11.1 Å². The van der Waals surface area contributed by atoms with Crippen LogP contribution in [0.15, 0.2) is 48.5 Å². The summed E-state index contributed by atoms with van der Waals surface area (Å²) in [6, 6.07) is 14.3. The van der Waals surface area contributed by atoms with E-state index in [1.165, 1.54) is 12.1 Å². The van der Waals surface area contributed by atoms with Gasteiger partial charge in [-0.15, -0.1) is 0 Å². The van der Waals surface area contributed by atoms with E-state index in [0.717, 1.165) is 36.1 Å². The van der Waals surface area contributed by atoms with Gasteiger partial charge in [-0.2, -0.15) is 13.2 Å². The Morgan fingerprint density at radius 1 is 1.07 bits per heavy atom. The molecule has 0 aromatic heterocycles. The molecule has 1 unspecified atom stereocenters. The van der Waals surface area contributed by atoms with E-state index in [9.17, 15) is 22.7 Å². The molecule has 146 valence electrons. The summed E-state index contributed by atoms with van der Waals surface area (Å²) in [5.74, 6) is -2.99. The fraction of sp³-hybridized carbons (Fsp3) is 0.316. The molecule has 1 aliphatic rings. The highest BCUT2D eigenvalue weighted by Gasteiger charge is 2.38. The Morgan fingerprint density at radius 2 is 1.70 bits per heavy atom. The third-order valence-electron chi connectivity index (χ3n) is 4.18. The van der Waals surface area contributed by atoms with Crippen LogP contribution >= 0.6 is 0 Å². The van der Waals surface area contributed by atoms with E-state index in [0.29, 0.717) is 6.54 Å². The molecule has 0 radical (unpaired) electrons. The second kappa shape index (κ2) is 8.49. The Balaban J connectivity index is 0.000000321. The summed E-state index contributed by atoms with van der Waals surface area (Å²) < 4.78 is 45.0. The van der Waals surface area contributed by atoms with Crippen molar-refractivity contribution >= 4 is 5.97 Å². The van der Waals surface area contributed by atoms with Gasteiger partial charge >= 0.3 is 12.1 Å². The van der Waals surface area contributed by atoms with E-state index in [1.807, 2.05) is 30.3 Å². The SMILES string of the molecule is O=C(O)C(F)(F)F.OC1(c2ccc(-c3cccc(F)c3)cc2)CCCNC1. The fourth-order valence-corrected chi connectivity index (χ4v) is 2.78. The van der Waals surface area contributed by atoms with Crippen molar-refractivity contribution in [2.45, 2.75) is 24.6 Å². The van der Waals surface area contributed by atoms with Gasteiger partial charge in [0, 0.05) is 6.54 Å². The number of nitrogens with one attached hydrogen (secondary N) is 1. The zero-order chi connectivity index (χ0) is 20.1. The van der Waals surface area contributed by atoms with Crippen LogP contribution in [0.25, 0.3) is 11.1 Å². The Hall–Kier alpha value is -2.45. The minimum atomic E-state index is -5.08. The highest BCUT2D eigenvalue weighted by atomic mass is 19.4. The van der Waals surface area contributed by atoms with Gasteiger partial charge in [0.25, 0.3) is 0 Å². The summed E-state index contributed by atoms with van der Waals surface area (Å²) in [5, 5.41) is 21.0. The van der Waals surface area contributed by atoms with E-state index in [1.54, 1.807) is 6.07 Å². The Bertz CT molecular complexity index is 769. The molecular formula is C19H19F4NO3. The van der Waals surface area contributed by atoms with Crippen molar-refractivity contribution in [3.05, 3.63) is 59.9 Å². The first kappa shape index (κ1) is 20.9. The van der Waals surface area contributed by atoms with E-state index in [-0.39, 0.29) is 5.82 Å². The molecule has 8 heteroatoms. The number of halogens is 4. The lowest BCUT2D eigenvalue weighted by Gasteiger charge is -2.33. The first-order chi connectivity index (χ1) is 12.6. The highest BCUT2D eigenvalue weighted by Crippen LogP contribution is 2.30. The molecule has 1 heterocycles. The summed E-state index contributed by atoms with van der Waals surface area (Å²) in [7, 11) is 0. The van der Waals surface area contributed by atoms with Gasteiger partial charge in [0.2, 0.25) is 0 Å². The summed E-state index contributed by atoms with van der Waals surface area (Å²) >= 11 is 0. The molecule has 1 aliphatic heterocycles. The van der Waals surface area contributed by atoms with Crippen LogP contribution in [0.1, 0.15) is 18.4 Å². The van der Waals surface area contributed by atoms with Gasteiger partial charge < -0.3 is 15.5 Å². The molecule has 0 saturated carbocycles. The van der Waals surface area contributed by atoms with E-state index in [4.69, 9.17) is 9.90 Å². The number of carbonyl (C=O) groups is 1. The molecule has 2 aromatic rings. The Labute approximate surface area is 153 Å². The fourth-order valence-electron chi connectivity index (χ4n) is 2.78. The summed E-state index contributed by atoms with van der Waals surface area (Å²) in [4.78, 5) is 8.90. The number of benzene rings is 2. The monoisotopic (exact) mass is 385 g/mol. The molecule has 0 aliphatic carbocycles. The Kier molecular flexibility index (Phi) is 6.56. The van der Waals surface area contributed by atoms with Crippen molar-refractivity contribution in [2.75, 3.05) is 13.1 Å². The number of piperidine rings is 1. The van der Waals surface area contributed by atoms with Gasteiger partial charge in [-0.05, 0) is 48.2 Å². The van der Waals surface area contributed by atoms with Crippen molar-refractivity contribution in [1.82, 2.24) is 5.32 Å². The maximum atomic E-state index is 13.2. The number of β-amino-alcohol motifs (C(OH)–C–C–N with tert-alkyl or cyclic N) is 1. The van der Waals surface area contributed by atoms with Crippen LogP contribution < -0.4 is 5.32 Å². The van der Waals surface area contributed by atoms with Crippen molar-refractivity contribution in [2.24, 2.45) is 0 Å². The zero-order valence-electron chi connectivity index (χ0n) is 14.3. The molecule has 3 N–H and O–H groups in total. The number of hydrogen-bond donors (Lipinski definition) is 3. The van der Waals surface area contributed by atoms with Crippen LogP contribution in [-0.4, -0.2) is 35.4 Å². The number of carboxylic acids is 1. The predicted molar refractivity (Wildman–Crippen MR) is 91.5 cm³/mol. The summed E-state index contributed by atoms with van der Waals surface area (Å²) in [5.41, 5.74) is 1.95. The molecule has 1 fully saturated rings. The lowest BCUT2D eigenvalue weighted by Crippen LogP contribution is -2.43. The van der Waals surface area contributed by atoms with Gasteiger partial charge in [-0.3, -0.25) is 0 Å². The number of hydrogen-bond acceptors (Lipinski definition) is 3. The molecule has 3 rings (SSSR count). The van der Waals surface area contributed by atoms with Crippen LogP contribution in [0.4, 0.5) is 17.6 Å². The lowest BCUT2D eigenvalue weighted by atomic mass is 9.86. The maximum Gasteiger partial charge on any atom is 0.490 e. The quantitative estimate of drug-likeness (QED) is 0.690. The van der Waals surface area contributed by atoms with E-state index < -0.39 is 17.7 Å². The zero-order valence-corrected chi connectivity index (χ0v) is 14.3. The van der Waals surface area contributed by atoms with Gasteiger partial charge in [0.1, 0.15) is 11.4 Å². The molecule has 27 heavy (non-hydrogen) atoms. The largest absolute Gasteiger partial charge is 0.490 e. The molecular weight excluding hydrogens is 366 g/mol. The van der Waals surface area contributed by atoms with Crippen molar-refractivity contribution in [1.29, 1.82) is 0 Å². The minimum absolute atomic E-state index is 0.235. The van der Waals surface area contributed by atoms with Gasteiger partial charge in [-0.1, -0.05) is 36.4 Å². The minimum Gasteiger partial charge on any atom is -0.475 e. The van der Waals surface area contributed by atoms with Crippen LogP contribution in [0.5, 0.6) is 0 Å². The third-order valence-corrected chi connectivity index (χ3v) is 4.18. The Morgan fingerprint density at radius 3 is 2.19 bits per heavy atom. The average molecular weight is 385 g/mol. The van der Waals surface area contributed by atoms with E-state index >= 15 is 0 Å². The molecule has 0 amide bonds. The molecule has 1 saturated heterocycles. The standard InChI is InChI=1S/C17H18FNO.C2HF3O2/c18-16-4-1-3-14(11-16)13-5-7-15(8-6-13)17(20)9-2-10-19-12-17;3-2(4,5)1(6)7/h1,3-8,11,19-20H,2,9-10,12H2;(H,6,7). The molecule has 1 atom stereocenters. The molecule has 0 bridgehead atoms. The molecule has 0 spiro atoms. The smallest absolute Gasteiger partial charge is 0.475 e. The van der Waals surface area contributed by atoms with Gasteiger partial charge in [-0.25, -0.2) is 9.18 Å². The number of aliphatic carboxylic acids is 1. The topological polar surface area (TPSA) is 69.6 Å². The second-order valence-corrected chi connectivity index (χ2v) is 6.20. The van der Waals surface area contributed by atoms with Gasteiger partial charge in [0.05, 0.1) is 0 Å². The number of alkyl halides is 3. The summed E-state index contributed by atoms with van der Waals surface area (Å²) in [6.07, 6.45) is -3.33. The first-order valence-electron chi connectivity index (χ1n) is 8.21. The van der Waals surface area contributed by atoms with Gasteiger partial charge in [0.15, 0.2) is 0 Å². The first-order valence-corrected chi connectivity index (χ1v) is 8.21. The van der Waals surface area contributed by atoms with Crippen molar-refractivity contribution < 1.29 is 32.6 Å².